The van der Waals surface area contributed by atoms with Crippen molar-refractivity contribution in [3.63, 3.8) is 0 Å². The summed E-state index contributed by atoms with van der Waals surface area (Å²) in [5, 5.41) is 142. The molecule has 4 rings (SSSR count). The lowest BCUT2D eigenvalue weighted by atomic mass is 9.88. The second kappa shape index (κ2) is 19.1. The number of hydrogen-bond donors (Lipinski definition) is 15. The summed E-state index contributed by atoms with van der Waals surface area (Å²) in [4.78, 5) is 37.0. The molecule has 4 fully saturated rings. The van der Waals surface area contributed by atoms with E-state index in [0.29, 0.717) is 0 Å². The van der Waals surface area contributed by atoms with Gasteiger partial charge in [-0.05, 0) is 6.92 Å². The van der Waals surface area contributed by atoms with Crippen LogP contribution < -0.4 is 10.6 Å². The van der Waals surface area contributed by atoms with E-state index in [1.807, 2.05) is 0 Å². The average Bonchev–Trinajstić information content (AvgIpc) is 3.14. The van der Waals surface area contributed by atoms with Crippen molar-refractivity contribution in [1.29, 1.82) is 0 Å². The highest BCUT2D eigenvalue weighted by molar-refractivity contribution is 5.76. The van der Waals surface area contributed by atoms with Crippen molar-refractivity contribution < 1.29 is 114 Å². The van der Waals surface area contributed by atoms with Gasteiger partial charge in [0.05, 0.1) is 38.1 Å². The fraction of sp³-hybridized carbons (Fsp3) is 0.903. The van der Waals surface area contributed by atoms with E-state index in [-0.39, 0.29) is 0 Å². The van der Waals surface area contributed by atoms with E-state index >= 15 is 0 Å². The lowest BCUT2D eigenvalue weighted by molar-refractivity contribution is -0.389. The second-order valence-corrected chi connectivity index (χ2v) is 14.0. The van der Waals surface area contributed by atoms with Gasteiger partial charge in [-0.1, -0.05) is 0 Å². The molecule has 56 heavy (non-hydrogen) atoms. The van der Waals surface area contributed by atoms with Crippen molar-refractivity contribution in [1.82, 2.24) is 10.6 Å². The smallest absolute Gasteiger partial charge is 0.364 e. The maximum atomic E-state index is 12.9. The third kappa shape index (κ3) is 9.74. The van der Waals surface area contributed by atoms with E-state index in [9.17, 15) is 80.8 Å². The van der Waals surface area contributed by atoms with Crippen molar-refractivity contribution in [3.05, 3.63) is 0 Å². The third-order valence-corrected chi connectivity index (χ3v) is 9.94. The summed E-state index contributed by atoms with van der Waals surface area (Å²) < 4.78 is 39.7. The van der Waals surface area contributed by atoms with Crippen molar-refractivity contribution in [2.24, 2.45) is 0 Å². The number of carboxylic acids is 1. The summed E-state index contributed by atoms with van der Waals surface area (Å²) >= 11 is 0. The molecule has 25 heteroatoms. The number of nitrogens with one attached hydrogen (secondary N) is 2. The maximum Gasteiger partial charge on any atom is 0.364 e. The number of carbonyl (C=O) groups excluding carboxylic acids is 2. The highest BCUT2D eigenvalue weighted by atomic mass is 16.8. The number of carboxylic acid groups (broad SMARTS) is 1. The largest absolute Gasteiger partial charge is 0.477 e. The van der Waals surface area contributed by atoms with Crippen LogP contribution in [0.5, 0.6) is 0 Å². The fourth-order valence-electron chi connectivity index (χ4n) is 6.99. The normalized spacial score (nSPS) is 45.7. The Hall–Kier alpha value is -2.35. The predicted octanol–water partition coefficient (Wildman–Crippen LogP) is -9.23. The molecule has 0 aromatic rings. The topological polar surface area (TPSA) is 403 Å². The molecule has 25 nitrogen and oxygen atoms in total. The van der Waals surface area contributed by atoms with E-state index in [4.69, 9.17) is 33.2 Å². The van der Waals surface area contributed by atoms with E-state index in [0.717, 1.165) is 13.8 Å². The van der Waals surface area contributed by atoms with Gasteiger partial charge in [0.1, 0.15) is 85.4 Å². The maximum absolute atomic E-state index is 12.9. The van der Waals surface area contributed by atoms with Crippen LogP contribution in [0, 0.1) is 0 Å². The molecule has 0 radical (unpaired) electrons. The Morgan fingerprint density at radius 2 is 1.30 bits per heavy atom. The summed E-state index contributed by atoms with van der Waals surface area (Å²) in [7, 11) is 0. The standard InChI is InChI=1S/C31H52N2O23/c1-8-17(41)20(44)21(45)28(50-8)53-23-14(7-36)51-27(47)16(33-10(3)38)25(23)54-29-22(46)26(19(43)13(6-35)52-29)56-31(30(48)49)4-11(39)15(32-9(2)37)24(55-31)18(42)12(40)5-34/h8,11-29,34-36,39-47H,4-7H2,1-3H3,(H,32,37)(H,33,38)(H,48,49)/t8-,11+,12-,13-,14-,15-,16-,17+,18-,19+,20+,21-,22-,23-,24-,25-,26+,27-,28-,29+,31+/m1/s1. The van der Waals surface area contributed by atoms with E-state index in [2.05, 4.69) is 10.6 Å². The number of carbonyl (C=O) groups is 3. The monoisotopic (exact) mass is 820 g/mol. The Morgan fingerprint density at radius 1 is 0.732 bits per heavy atom. The summed E-state index contributed by atoms with van der Waals surface area (Å²) in [5.41, 5.74) is 0. The van der Waals surface area contributed by atoms with Crippen LogP contribution in [0.25, 0.3) is 0 Å². The molecular weight excluding hydrogens is 768 g/mol. The minimum absolute atomic E-state index is 0.785. The van der Waals surface area contributed by atoms with Gasteiger partial charge in [0, 0.05) is 20.3 Å². The molecule has 0 spiro atoms. The van der Waals surface area contributed by atoms with Crippen LogP contribution in [0.4, 0.5) is 0 Å². The molecule has 324 valence electrons. The van der Waals surface area contributed by atoms with Crippen LogP contribution in [0.15, 0.2) is 0 Å². The van der Waals surface area contributed by atoms with Crippen LogP contribution in [-0.2, 0) is 47.5 Å². The number of aliphatic carboxylic acids is 1. The highest BCUT2D eigenvalue weighted by Crippen LogP contribution is 2.39. The molecular formula is C31H52N2O23. The van der Waals surface area contributed by atoms with Gasteiger partial charge in [-0.3, -0.25) is 9.59 Å². The van der Waals surface area contributed by atoms with Crippen molar-refractivity contribution >= 4 is 17.8 Å². The van der Waals surface area contributed by atoms with Gasteiger partial charge in [0.2, 0.25) is 11.8 Å². The van der Waals surface area contributed by atoms with Crippen LogP contribution in [-0.4, -0.2) is 232 Å². The van der Waals surface area contributed by atoms with Gasteiger partial charge in [0.15, 0.2) is 18.9 Å². The number of rotatable bonds is 14. The van der Waals surface area contributed by atoms with Gasteiger partial charge in [-0.25, -0.2) is 4.79 Å². The van der Waals surface area contributed by atoms with Crippen molar-refractivity contribution in [3.8, 4) is 0 Å². The zero-order valence-electron chi connectivity index (χ0n) is 30.3. The average molecular weight is 821 g/mol. The highest BCUT2D eigenvalue weighted by Gasteiger charge is 2.60. The number of amides is 2. The van der Waals surface area contributed by atoms with Crippen LogP contribution in [0.2, 0.25) is 0 Å². The van der Waals surface area contributed by atoms with Gasteiger partial charge in [-0.15, -0.1) is 0 Å². The van der Waals surface area contributed by atoms with E-state index in [1.165, 1.54) is 6.92 Å². The molecule has 4 heterocycles. The Bertz CT molecular complexity index is 1330. The first-order valence-electron chi connectivity index (χ1n) is 17.6. The SMILES string of the molecule is CC(=O)N[C@@H]1[C@@H](O[C@@H]2O[C@H](CO)[C@H](O)[C@H](O[C@]3(C(=O)O)C[C@H](O)[C@@H](NC(C)=O)[C@H]([C@H](O)[C@H](O)CO)O3)[C@H]2O)[C@H](O[C@H]2O[C@H](C)[C@H](O)[C@H](O)[C@H]2O)[C@@H](CO)O[C@H]1O. The van der Waals surface area contributed by atoms with Gasteiger partial charge < -0.3 is 110 Å². The molecule has 2 amide bonds. The molecule has 4 aliphatic rings. The molecule has 0 aromatic carbocycles. The Kier molecular flexibility index (Phi) is 15.8. The molecule has 4 aliphatic heterocycles. The second-order valence-electron chi connectivity index (χ2n) is 14.0. The first-order chi connectivity index (χ1) is 26.2. The van der Waals surface area contributed by atoms with Crippen molar-refractivity contribution in [2.45, 2.75) is 155 Å². The minimum atomic E-state index is -3.12. The quantitative estimate of drug-likeness (QED) is 0.0773. The molecule has 0 unspecified atom stereocenters. The molecule has 0 aromatic heterocycles. The summed E-state index contributed by atoms with van der Waals surface area (Å²) in [5.74, 6) is -6.72. The lowest BCUT2D eigenvalue weighted by Crippen LogP contribution is -2.71. The lowest BCUT2D eigenvalue weighted by Gasteiger charge is -2.51. The Morgan fingerprint density at radius 3 is 1.86 bits per heavy atom. The van der Waals surface area contributed by atoms with E-state index < -0.39 is 172 Å². The molecule has 4 saturated heterocycles. The van der Waals surface area contributed by atoms with Gasteiger partial charge in [-0.2, -0.15) is 0 Å². The summed E-state index contributed by atoms with van der Waals surface area (Å²) in [6, 6.07) is -3.27. The number of ether oxygens (including phenoxy) is 7. The first-order valence-corrected chi connectivity index (χ1v) is 17.6. The predicted molar refractivity (Wildman–Crippen MR) is 173 cm³/mol. The number of aliphatic hydroxyl groups excluding tert-OH is 12. The summed E-state index contributed by atoms with van der Waals surface area (Å²) in [6.07, 6.45) is -35.2. The van der Waals surface area contributed by atoms with Crippen molar-refractivity contribution in [2.75, 3.05) is 19.8 Å². The number of hydrogen-bond acceptors (Lipinski definition) is 22. The molecule has 15 N–H and O–H groups in total. The van der Waals surface area contributed by atoms with Crippen LogP contribution >= 0.6 is 0 Å². The Labute approximate surface area is 317 Å². The van der Waals surface area contributed by atoms with E-state index in [1.54, 1.807) is 0 Å². The molecule has 0 saturated carbocycles. The first kappa shape index (κ1) is 46.3. The van der Waals surface area contributed by atoms with Crippen LogP contribution in [0.3, 0.4) is 0 Å². The third-order valence-electron chi connectivity index (χ3n) is 9.94. The number of aliphatic hydroxyl groups is 12. The Balaban J connectivity index is 1.72. The molecule has 0 bridgehead atoms. The zero-order chi connectivity index (χ0) is 42.0. The van der Waals surface area contributed by atoms with Gasteiger partial charge in [0.25, 0.3) is 5.79 Å². The van der Waals surface area contributed by atoms with Crippen LogP contribution in [0.1, 0.15) is 27.2 Å². The molecule has 0 aliphatic carbocycles. The molecule has 21 atom stereocenters. The fourth-order valence-corrected chi connectivity index (χ4v) is 6.99. The minimum Gasteiger partial charge on any atom is -0.477 e. The zero-order valence-corrected chi connectivity index (χ0v) is 30.3. The summed E-state index contributed by atoms with van der Waals surface area (Å²) in [6.45, 7) is 0.296. The van der Waals surface area contributed by atoms with Gasteiger partial charge >= 0.3 is 5.97 Å².